The average Bonchev–Trinajstić information content (AvgIpc) is 2.43. The summed E-state index contributed by atoms with van der Waals surface area (Å²) in [4.78, 5) is 0. The zero-order valence-corrected chi connectivity index (χ0v) is 12.1. The number of rotatable bonds is 3. The normalized spacial score (nSPS) is 13.3. The van der Waals surface area contributed by atoms with E-state index in [2.05, 4.69) is 0 Å². The molecule has 20 heavy (non-hydrogen) atoms. The molecule has 106 valence electrons. The molecular weight excluding hydrogens is 280 g/mol. The second-order valence-corrected chi connectivity index (χ2v) is 5.76. The Morgan fingerprint density at radius 1 is 1.05 bits per heavy atom. The summed E-state index contributed by atoms with van der Waals surface area (Å²) < 4.78 is 26.6. The van der Waals surface area contributed by atoms with Gasteiger partial charge in [-0.15, -0.1) is 0 Å². The first-order valence-corrected chi connectivity index (χ1v) is 6.67. The van der Waals surface area contributed by atoms with Gasteiger partial charge < -0.3 is 5.73 Å². The second kappa shape index (κ2) is 5.51. The first kappa shape index (κ1) is 14.9. The summed E-state index contributed by atoms with van der Waals surface area (Å²) in [5.74, 6) is -1.91. The van der Waals surface area contributed by atoms with Crippen LogP contribution in [-0.4, -0.2) is 0 Å². The number of nitrogens with two attached hydrogens (primary N) is 1. The SMILES string of the molecule is CC(C)(c1ccccc1)C(N)c1cc(F)c(F)cc1Cl. The summed E-state index contributed by atoms with van der Waals surface area (Å²) in [6.45, 7) is 3.90. The van der Waals surface area contributed by atoms with Crippen molar-refractivity contribution in [3.63, 3.8) is 0 Å². The standard InChI is InChI=1S/C16H16ClF2N/c1-16(2,10-6-4-3-5-7-10)15(20)11-8-13(18)14(19)9-12(11)17/h3-9,15H,20H2,1-2H3. The average molecular weight is 296 g/mol. The lowest BCUT2D eigenvalue weighted by molar-refractivity contribution is 0.417. The molecule has 1 nitrogen and oxygen atoms in total. The van der Waals surface area contributed by atoms with E-state index in [1.165, 1.54) is 0 Å². The molecule has 0 aliphatic rings. The third-order valence-electron chi connectivity index (χ3n) is 3.67. The summed E-state index contributed by atoms with van der Waals surface area (Å²) >= 11 is 6.00. The van der Waals surface area contributed by atoms with Crippen LogP contribution in [0.1, 0.15) is 31.0 Å². The van der Waals surface area contributed by atoms with Gasteiger partial charge in [0.1, 0.15) is 0 Å². The van der Waals surface area contributed by atoms with Gasteiger partial charge in [-0.1, -0.05) is 55.8 Å². The molecule has 2 N–H and O–H groups in total. The predicted molar refractivity (Wildman–Crippen MR) is 77.8 cm³/mol. The van der Waals surface area contributed by atoms with Crippen LogP contribution >= 0.6 is 11.6 Å². The molecule has 0 radical (unpaired) electrons. The Bertz CT molecular complexity index is 611. The smallest absolute Gasteiger partial charge is 0.160 e. The van der Waals surface area contributed by atoms with Gasteiger partial charge in [-0.2, -0.15) is 0 Å². The van der Waals surface area contributed by atoms with E-state index in [4.69, 9.17) is 17.3 Å². The van der Waals surface area contributed by atoms with Crippen molar-refractivity contribution in [2.45, 2.75) is 25.3 Å². The minimum atomic E-state index is -0.969. The summed E-state index contributed by atoms with van der Waals surface area (Å²) in [6, 6.07) is 11.1. The fraction of sp³-hybridized carbons (Fsp3) is 0.250. The third-order valence-corrected chi connectivity index (χ3v) is 4.00. The van der Waals surface area contributed by atoms with Gasteiger partial charge in [0.2, 0.25) is 0 Å². The van der Waals surface area contributed by atoms with E-state index in [1.807, 2.05) is 44.2 Å². The molecule has 1 unspecified atom stereocenters. The van der Waals surface area contributed by atoms with Crippen LogP contribution in [0.2, 0.25) is 5.02 Å². The molecular formula is C16H16ClF2N. The Balaban J connectivity index is 2.45. The molecule has 0 aliphatic heterocycles. The van der Waals surface area contributed by atoms with Crippen molar-refractivity contribution in [3.8, 4) is 0 Å². The van der Waals surface area contributed by atoms with Crippen LogP contribution in [0.3, 0.4) is 0 Å². The van der Waals surface area contributed by atoms with Gasteiger partial charge in [0.05, 0.1) is 0 Å². The molecule has 0 fully saturated rings. The highest BCUT2D eigenvalue weighted by Crippen LogP contribution is 2.38. The molecule has 0 saturated carbocycles. The topological polar surface area (TPSA) is 26.0 Å². The van der Waals surface area contributed by atoms with Crippen molar-refractivity contribution < 1.29 is 8.78 Å². The van der Waals surface area contributed by atoms with E-state index >= 15 is 0 Å². The first-order valence-electron chi connectivity index (χ1n) is 6.29. The number of benzene rings is 2. The number of halogens is 3. The maximum absolute atomic E-state index is 13.4. The molecule has 4 heteroatoms. The zero-order chi connectivity index (χ0) is 14.9. The Morgan fingerprint density at radius 2 is 1.60 bits per heavy atom. The van der Waals surface area contributed by atoms with E-state index in [0.29, 0.717) is 5.56 Å². The van der Waals surface area contributed by atoms with Crippen LogP contribution in [0.4, 0.5) is 8.78 Å². The van der Waals surface area contributed by atoms with Crippen molar-refractivity contribution in [2.75, 3.05) is 0 Å². The minimum absolute atomic E-state index is 0.139. The first-order chi connectivity index (χ1) is 9.34. The summed E-state index contributed by atoms with van der Waals surface area (Å²) in [7, 11) is 0. The molecule has 0 amide bonds. The summed E-state index contributed by atoms with van der Waals surface area (Å²) in [6.07, 6.45) is 0. The van der Waals surface area contributed by atoms with Crippen molar-refractivity contribution in [1.29, 1.82) is 0 Å². The maximum atomic E-state index is 13.4. The third kappa shape index (κ3) is 2.69. The molecule has 0 heterocycles. The maximum Gasteiger partial charge on any atom is 0.160 e. The van der Waals surface area contributed by atoms with Crippen LogP contribution in [0.25, 0.3) is 0 Å². The van der Waals surface area contributed by atoms with E-state index in [1.54, 1.807) is 0 Å². The van der Waals surface area contributed by atoms with Crippen LogP contribution in [0.15, 0.2) is 42.5 Å². The van der Waals surface area contributed by atoms with Crippen molar-refractivity contribution >= 4 is 11.6 Å². The minimum Gasteiger partial charge on any atom is -0.323 e. The number of hydrogen-bond acceptors (Lipinski definition) is 1. The molecule has 1 atom stereocenters. The van der Waals surface area contributed by atoms with Gasteiger partial charge in [0, 0.05) is 16.5 Å². The van der Waals surface area contributed by atoms with E-state index in [9.17, 15) is 8.78 Å². The molecule has 2 aromatic rings. The molecule has 0 bridgehead atoms. The largest absolute Gasteiger partial charge is 0.323 e. The zero-order valence-electron chi connectivity index (χ0n) is 11.3. The van der Waals surface area contributed by atoms with E-state index < -0.39 is 23.1 Å². The molecule has 0 saturated heterocycles. The molecule has 0 spiro atoms. The molecule has 2 rings (SSSR count). The van der Waals surface area contributed by atoms with Gasteiger partial charge in [-0.25, -0.2) is 8.78 Å². The van der Waals surface area contributed by atoms with Crippen LogP contribution in [-0.2, 0) is 5.41 Å². The van der Waals surface area contributed by atoms with Crippen LogP contribution in [0, 0.1) is 11.6 Å². The van der Waals surface area contributed by atoms with Crippen LogP contribution < -0.4 is 5.73 Å². The highest BCUT2D eigenvalue weighted by Gasteiger charge is 2.31. The fourth-order valence-corrected chi connectivity index (χ4v) is 2.48. The lowest BCUT2D eigenvalue weighted by Gasteiger charge is -2.33. The molecule has 0 aromatic heterocycles. The fourth-order valence-electron chi connectivity index (χ4n) is 2.21. The van der Waals surface area contributed by atoms with Crippen molar-refractivity contribution in [1.82, 2.24) is 0 Å². The van der Waals surface area contributed by atoms with Gasteiger partial charge in [0.15, 0.2) is 11.6 Å². The Kier molecular flexibility index (Phi) is 4.11. The predicted octanol–water partition coefficient (Wildman–Crippen LogP) is 4.60. The van der Waals surface area contributed by atoms with Gasteiger partial charge in [-0.3, -0.25) is 0 Å². The number of hydrogen-bond donors (Lipinski definition) is 1. The molecule has 2 aromatic carbocycles. The summed E-state index contributed by atoms with van der Waals surface area (Å²) in [5.41, 5.74) is 7.20. The Morgan fingerprint density at radius 3 is 2.20 bits per heavy atom. The second-order valence-electron chi connectivity index (χ2n) is 5.35. The monoisotopic (exact) mass is 295 g/mol. The lowest BCUT2D eigenvalue weighted by atomic mass is 9.75. The van der Waals surface area contributed by atoms with Gasteiger partial charge in [0.25, 0.3) is 0 Å². The van der Waals surface area contributed by atoms with Crippen LogP contribution in [0.5, 0.6) is 0 Å². The quantitative estimate of drug-likeness (QED) is 0.823. The van der Waals surface area contributed by atoms with Gasteiger partial charge in [-0.05, 0) is 23.3 Å². The van der Waals surface area contributed by atoms with Crippen molar-refractivity contribution in [3.05, 3.63) is 70.2 Å². The van der Waals surface area contributed by atoms with E-state index in [-0.39, 0.29) is 5.02 Å². The van der Waals surface area contributed by atoms with Crippen molar-refractivity contribution in [2.24, 2.45) is 5.73 Å². The van der Waals surface area contributed by atoms with Gasteiger partial charge >= 0.3 is 0 Å². The highest BCUT2D eigenvalue weighted by molar-refractivity contribution is 6.31. The summed E-state index contributed by atoms with van der Waals surface area (Å²) in [5, 5.41) is 0.139. The Labute approximate surface area is 122 Å². The lowest BCUT2D eigenvalue weighted by Crippen LogP contribution is -2.33. The van der Waals surface area contributed by atoms with E-state index in [0.717, 1.165) is 17.7 Å². The highest BCUT2D eigenvalue weighted by atomic mass is 35.5. The molecule has 0 aliphatic carbocycles. The Hall–Kier alpha value is -1.45.